The van der Waals surface area contributed by atoms with Crippen molar-refractivity contribution in [1.82, 2.24) is 19.7 Å². The highest BCUT2D eigenvalue weighted by molar-refractivity contribution is 6.11. The number of aromatic nitrogens is 3. The molecule has 0 radical (unpaired) electrons. The van der Waals surface area contributed by atoms with Gasteiger partial charge in [-0.15, -0.1) is 0 Å². The van der Waals surface area contributed by atoms with Crippen LogP contribution in [-0.2, 0) is 5.54 Å². The van der Waals surface area contributed by atoms with Crippen molar-refractivity contribution in [3.8, 4) is 0 Å². The lowest BCUT2D eigenvalue weighted by Gasteiger charge is -2.42. The number of amides is 1. The van der Waals surface area contributed by atoms with Crippen molar-refractivity contribution < 1.29 is 13.6 Å². The molecule has 1 aliphatic carbocycles. The Morgan fingerprint density at radius 3 is 2.50 bits per heavy atom. The van der Waals surface area contributed by atoms with Gasteiger partial charge >= 0.3 is 0 Å². The summed E-state index contributed by atoms with van der Waals surface area (Å²) in [6, 6.07) is 0. The first-order valence-corrected chi connectivity index (χ1v) is 13.3. The Kier molecular flexibility index (Phi) is 7.14. The first-order chi connectivity index (χ1) is 17.4. The second-order valence-electron chi connectivity index (χ2n) is 10.7. The van der Waals surface area contributed by atoms with E-state index in [-0.39, 0.29) is 23.8 Å². The molecule has 0 bridgehead atoms. The quantitative estimate of drug-likeness (QED) is 0.566. The molecule has 2 aromatic rings. The van der Waals surface area contributed by atoms with Crippen molar-refractivity contribution in [2.45, 2.75) is 81.8 Å². The van der Waals surface area contributed by atoms with Crippen LogP contribution in [0.1, 0.15) is 86.0 Å². The molecule has 2 fully saturated rings. The van der Waals surface area contributed by atoms with E-state index in [1.165, 1.54) is 12.4 Å². The van der Waals surface area contributed by atoms with Crippen LogP contribution in [0.3, 0.4) is 0 Å². The van der Waals surface area contributed by atoms with Crippen molar-refractivity contribution in [1.29, 1.82) is 0 Å². The third kappa shape index (κ3) is 4.55. The number of alkyl halides is 1. The van der Waals surface area contributed by atoms with E-state index in [1.807, 2.05) is 7.05 Å². The Morgan fingerprint density at radius 1 is 1.14 bits per heavy atom. The minimum absolute atomic E-state index is 0.00882. The largest absolute Gasteiger partial charge is 0.381 e. The van der Waals surface area contributed by atoms with Crippen LogP contribution in [0, 0.1) is 5.82 Å². The monoisotopic (exact) mass is 501 g/mol. The van der Waals surface area contributed by atoms with E-state index in [0.29, 0.717) is 29.9 Å². The van der Waals surface area contributed by atoms with Crippen LogP contribution in [-0.4, -0.2) is 58.4 Å². The van der Waals surface area contributed by atoms with Gasteiger partial charge in [0.2, 0.25) is 0 Å². The van der Waals surface area contributed by atoms with Crippen molar-refractivity contribution >= 4 is 23.2 Å². The Bertz CT molecular complexity index is 1090. The van der Waals surface area contributed by atoms with Gasteiger partial charge in [0.15, 0.2) is 5.82 Å². The number of nitrogens with zero attached hydrogens (tertiary/aromatic N) is 4. The molecule has 196 valence electrons. The molecule has 1 spiro atoms. The third-order valence-electron chi connectivity index (χ3n) is 8.38. The molecular weight excluding hydrogens is 464 g/mol. The van der Waals surface area contributed by atoms with Gasteiger partial charge in [-0.2, -0.15) is 5.10 Å². The Labute approximate surface area is 211 Å². The highest BCUT2D eigenvalue weighted by Gasteiger charge is 2.47. The average molecular weight is 502 g/mol. The molecule has 4 N–H and O–H groups in total. The second kappa shape index (κ2) is 10.3. The molecule has 1 saturated carbocycles. The molecule has 2 aliphatic heterocycles. The molecule has 8 nitrogen and oxygen atoms in total. The highest BCUT2D eigenvalue weighted by atomic mass is 19.1. The minimum Gasteiger partial charge on any atom is -0.381 e. The van der Waals surface area contributed by atoms with E-state index in [2.05, 4.69) is 25.6 Å². The summed E-state index contributed by atoms with van der Waals surface area (Å²) in [7, 11) is 2.05. The number of fused-ring (bicyclic) bond motifs is 2. The Hall–Kier alpha value is -2.75. The van der Waals surface area contributed by atoms with Crippen LogP contribution in [0.5, 0.6) is 0 Å². The normalized spacial score (nSPS) is 23.2. The predicted molar refractivity (Wildman–Crippen MR) is 137 cm³/mol. The van der Waals surface area contributed by atoms with E-state index in [0.717, 1.165) is 64.5 Å². The van der Waals surface area contributed by atoms with Gasteiger partial charge in [0.1, 0.15) is 23.4 Å². The highest BCUT2D eigenvalue weighted by Crippen LogP contribution is 2.44. The van der Waals surface area contributed by atoms with Gasteiger partial charge in [0.25, 0.3) is 5.91 Å². The molecule has 36 heavy (non-hydrogen) atoms. The predicted octanol–water partition coefficient (Wildman–Crippen LogP) is 4.65. The summed E-state index contributed by atoms with van der Waals surface area (Å²) < 4.78 is 32.1. The standard InChI is InChI=1S/C26H37F2N7O/c1-34-12-8-17(9-13-34)21-18(27)14-30-15-19(21)32-25(36)22-23(29)33-35-24(22)31-16-20(28)26(35)10-6-4-2-3-5-7-11-26/h14-15,17,20,31H,2-13,16H2,1H3,(H2,29,33)(H,32,36). The van der Waals surface area contributed by atoms with Gasteiger partial charge in [-0.3, -0.25) is 9.78 Å². The van der Waals surface area contributed by atoms with Crippen LogP contribution < -0.4 is 16.4 Å². The lowest BCUT2D eigenvalue weighted by atomic mass is 9.82. The van der Waals surface area contributed by atoms with Crippen LogP contribution >= 0.6 is 0 Å². The Balaban J connectivity index is 1.46. The molecular formula is C26H37F2N7O. The van der Waals surface area contributed by atoms with Gasteiger partial charge in [-0.25, -0.2) is 13.5 Å². The zero-order valence-electron chi connectivity index (χ0n) is 21.0. The number of anilines is 3. The zero-order valence-corrected chi connectivity index (χ0v) is 21.0. The fourth-order valence-electron chi connectivity index (χ4n) is 6.31. The lowest BCUT2D eigenvalue weighted by Crippen LogP contribution is -2.51. The summed E-state index contributed by atoms with van der Waals surface area (Å²) in [5, 5.41) is 10.5. The van der Waals surface area contributed by atoms with Gasteiger partial charge in [-0.1, -0.05) is 38.5 Å². The van der Waals surface area contributed by atoms with Gasteiger partial charge < -0.3 is 21.3 Å². The van der Waals surface area contributed by atoms with E-state index in [4.69, 9.17) is 5.73 Å². The fourth-order valence-corrected chi connectivity index (χ4v) is 6.31. The summed E-state index contributed by atoms with van der Waals surface area (Å²) in [5.74, 6) is -0.420. The van der Waals surface area contributed by atoms with Crippen LogP contribution in [0.15, 0.2) is 12.4 Å². The summed E-state index contributed by atoms with van der Waals surface area (Å²) in [6.07, 6.45) is 10.8. The zero-order chi connectivity index (χ0) is 25.3. The average Bonchev–Trinajstić information content (AvgIpc) is 3.25. The molecule has 3 aliphatic rings. The number of halogens is 2. The van der Waals surface area contributed by atoms with E-state index in [9.17, 15) is 9.18 Å². The van der Waals surface area contributed by atoms with E-state index >= 15 is 4.39 Å². The van der Waals surface area contributed by atoms with Crippen LogP contribution in [0.2, 0.25) is 0 Å². The van der Waals surface area contributed by atoms with Crippen molar-refractivity contribution in [3.63, 3.8) is 0 Å². The molecule has 10 heteroatoms. The van der Waals surface area contributed by atoms with Crippen molar-refractivity contribution in [2.75, 3.05) is 43.0 Å². The molecule has 5 rings (SSSR count). The smallest absolute Gasteiger partial charge is 0.263 e. The number of nitrogens with one attached hydrogen (secondary N) is 2. The van der Waals surface area contributed by atoms with Crippen LogP contribution in [0.25, 0.3) is 0 Å². The number of carbonyl (C=O) groups is 1. The number of pyridine rings is 1. The first kappa shape index (κ1) is 24.9. The molecule has 1 atom stereocenters. The number of nitrogens with two attached hydrogens (primary N) is 1. The Morgan fingerprint density at radius 2 is 1.81 bits per heavy atom. The number of piperidine rings is 1. The molecule has 2 aromatic heterocycles. The fraction of sp³-hybridized carbons (Fsp3) is 0.654. The molecule has 4 heterocycles. The molecule has 0 aromatic carbocycles. The summed E-state index contributed by atoms with van der Waals surface area (Å²) in [4.78, 5) is 19.8. The number of carbonyl (C=O) groups excluding carboxylic acids is 1. The number of hydrogen-bond donors (Lipinski definition) is 3. The molecule has 1 unspecified atom stereocenters. The topological polar surface area (TPSA) is 101 Å². The third-order valence-corrected chi connectivity index (χ3v) is 8.38. The number of likely N-dealkylation sites (tertiary alicyclic amines) is 1. The number of rotatable bonds is 3. The summed E-state index contributed by atoms with van der Waals surface area (Å²) >= 11 is 0. The maximum Gasteiger partial charge on any atom is 0.263 e. The lowest BCUT2D eigenvalue weighted by molar-refractivity contribution is 0.0754. The minimum atomic E-state index is -1.12. The van der Waals surface area contributed by atoms with Crippen molar-refractivity contribution in [3.05, 3.63) is 29.3 Å². The second-order valence-corrected chi connectivity index (χ2v) is 10.7. The summed E-state index contributed by atoms with van der Waals surface area (Å²) in [5.41, 5.74) is 6.49. The SMILES string of the molecule is CN1CCC(c2c(F)cncc2NC(=O)c2c(N)nn3c2NCC(F)C32CCCCCCCC2)CC1. The van der Waals surface area contributed by atoms with Gasteiger partial charge in [0, 0.05) is 12.1 Å². The first-order valence-electron chi connectivity index (χ1n) is 13.3. The van der Waals surface area contributed by atoms with E-state index in [1.54, 1.807) is 4.68 Å². The van der Waals surface area contributed by atoms with Gasteiger partial charge in [0.05, 0.1) is 23.6 Å². The van der Waals surface area contributed by atoms with Crippen LogP contribution in [0.4, 0.5) is 26.1 Å². The van der Waals surface area contributed by atoms with Gasteiger partial charge in [-0.05, 0) is 51.7 Å². The number of hydrogen-bond acceptors (Lipinski definition) is 6. The van der Waals surface area contributed by atoms with Crippen molar-refractivity contribution in [2.24, 2.45) is 0 Å². The molecule has 1 saturated heterocycles. The maximum atomic E-state index is 15.6. The molecule has 1 amide bonds. The van der Waals surface area contributed by atoms with E-state index < -0.39 is 23.4 Å². The summed E-state index contributed by atoms with van der Waals surface area (Å²) in [6.45, 7) is 1.83. The number of nitrogen functional groups attached to an aromatic ring is 1. The maximum absolute atomic E-state index is 15.6.